The van der Waals surface area contributed by atoms with E-state index in [2.05, 4.69) is 15.9 Å². The normalized spacial score (nSPS) is 10.1. The molecule has 2 aromatic carbocycles. The van der Waals surface area contributed by atoms with Gasteiger partial charge in [-0.05, 0) is 18.2 Å². The van der Waals surface area contributed by atoms with Crippen LogP contribution < -0.4 is 0 Å². The molecule has 16 heavy (non-hydrogen) atoms. The second kappa shape index (κ2) is 4.81. The van der Waals surface area contributed by atoms with Gasteiger partial charge in [0.2, 0.25) is 0 Å². The molecule has 0 heterocycles. The molecular weight excluding hydrogens is 287 g/mol. The van der Waals surface area contributed by atoms with Crippen molar-refractivity contribution in [2.75, 3.05) is 0 Å². The van der Waals surface area contributed by atoms with Crippen LogP contribution in [0.2, 0.25) is 5.02 Å². The highest BCUT2D eigenvalue weighted by Crippen LogP contribution is 2.23. The number of benzene rings is 2. The first kappa shape index (κ1) is 11.4. The average Bonchev–Trinajstić information content (AvgIpc) is 2.32. The van der Waals surface area contributed by atoms with Crippen molar-refractivity contribution in [3.8, 4) is 0 Å². The lowest BCUT2D eigenvalue weighted by atomic mass is 10.0. The lowest BCUT2D eigenvalue weighted by molar-refractivity contribution is 0.103. The maximum Gasteiger partial charge on any atom is 0.194 e. The van der Waals surface area contributed by atoms with Gasteiger partial charge in [-0.15, -0.1) is 0 Å². The molecule has 2 aromatic rings. The van der Waals surface area contributed by atoms with Crippen LogP contribution in [0.1, 0.15) is 15.9 Å². The van der Waals surface area contributed by atoms with Crippen molar-refractivity contribution < 1.29 is 4.79 Å². The standard InChI is InChI=1S/C13H8BrClO/c14-12-7-6-10(15)8-11(12)13(16)9-4-2-1-3-5-9/h1-8H. The van der Waals surface area contributed by atoms with Crippen LogP contribution in [0, 0.1) is 0 Å². The second-order valence-corrected chi connectivity index (χ2v) is 4.61. The smallest absolute Gasteiger partial charge is 0.194 e. The van der Waals surface area contributed by atoms with Crippen LogP contribution in [0.15, 0.2) is 53.0 Å². The van der Waals surface area contributed by atoms with Gasteiger partial charge in [-0.3, -0.25) is 4.79 Å². The second-order valence-electron chi connectivity index (χ2n) is 3.32. The highest BCUT2D eigenvalue weighted by atomic mass is 79.9. The fourth-order valence-electron chi connectivity index (χ4n) is 1.42. The maximum absolute atomic E-state index is 12.1. The molecule has 2 rings (SSSR count). The highest BCUT2D eigenvalue weighted by Gasteiger charge is 2.12. The number of hydrogen-bond donors (Lipinski definition) is 0. The summed E-state index contributed by atoms with van der Waals surface area (Å²) >= 11 is 9.22. The Labute approximate surface area is 107 Å². The topological polar surface area (TPSA) is 17.1 Å². The van der Waals surface area contributed by atoms with Crippen LogP contribution in [-0.2, 0) is 0 Å². The van der Waals surface area contributed by atoms with Crippen LogP contribution in [0.4, 0.5) is 0 Å². The fraction of sp³-hybridized carbons (Fsp3) is 0. The SMILES string of the molecule is O=C(c1ccccc1)c1cc(Cl)ccc1Br. The third-order valence-corrected chi connectivity index (χ3v) is 3.14. The first-order chi connectivity index (χ1) is 7.68. The molecule has 0 atom stereocenters. The van der Waals surface area contributed by atoms with E-state index in [0.717, 1.165) is 4.47 Å². The summed E-state index contributed by atoms with van der Waals surface area (Å²) in [6.07, 6.45) is 0. The Morgan fingerprint density at radius 3 is 2.44 bits per heavy atom. The molecule has 0 aromatic heterocycles. The van der Waals surface area contributed by atoms with Crippen molar-refractivity contribution in [1.29, 1.82) is 0 Å². The van der Waals surface area contributed by atoms with E-state index in [0.29, 0.717) is 16.1 Å². The van der Waals surface area contributed by atoms with Gasteiger partial charge < -0.3 is 0 Å². The van der Waals surface area contributed by atoms with Crippen LogP contribution >= 0.6 is 27.5 Å². The van der Waals surface area contributed by atoms with E-state index >= 15 is 0 Å². The summed E-state index contributed by atoms with van der Waals surface area (Å²) in [6, 6.07) is 14.3. The number of ketones is 1. The molecule has 0 saturated carbocycles. The van der Waals surface area contributed by atoms with Gasteiger partial charge in [0.15, 0.2) is 5.78 Å². The molecule has 80 valence electrons. The van der Waals surface area contributed by atoms with Gasteiger partial charge in [-0.25, -0.2) is 0 Å². The lowest BCUT2D eigenvalue weighted by Gasteiger charge is -2.04. The first-order valence-corrected chi connectivity index (χ1v) is 5.90. The molecule has 0 aliphatic rings. The summed E-state index contributed by atoms with van der Waals surface area (Å²) in [5, 5.41) is 0.558. The molecule has 0 fully saturated rings. The minimum atomic E-state index is -0.0324. The van der Waals surface area contributed by atoms with Gasteiger partial charge in [0.05, 0.1) is 0 Å². The zero-order chi connectivity index (χ0) is 11.5. The summed E-state index contributed by atoms with van der Waals surface area (Å²) < 4.78 is 0.755. The Kier molecular flexibility index (Phi) is 3.42. The van der Waals surface area contributed by atoms with E-state index in [1.54, 1.807) is 30.3 Å². The molecule has 0 saturated heterocycles. The predicted octanol–water partition coefficient (Wildman–Crippen LogP) is 4.33. The van der Waals surface area contributed by atoms with Gasteiger partial charge in [0.1, 0.15) is 0 Å². The number of halogens is 2. The minimum absolute atomic E-state index is 0.0324. The average molecular weight is 296 g/mol. The van der Waals surface area contributed by atoms with Gasteiger partial charge in [0, 0.05) is 20.6 Å². The molecule has 0 spiro atoms. The first-order valence-electron chi connectivity index (χ1n) is 4.73. The van der Waals surface area contributed by atoms with E-state index in [1.165, 1.54) is 0 Å². The van der Waals surface area contributed by atoms with Gasteiger partial charge >= 0.3 is 0 Å². The molecule has 1 nitrogen and oxygen atoms in total. The van der Waals surface area contributed by atoms with Crippen molar-refractivity contribution in [2.45, 2.75) is 0 Å². The maximum atomic E-state index is 12.1. The molecule has 0 N–H and O–H groups in total. The summed E-state index contributed by atoms with van der Waals surface area (Å²) in [5.41, 5.74) is 1.24. The Morgan fingerprint density at radius 1 is 1.06 bits per heavy atom. The molecule has 3 heteroatoms. The largest absolute Gasteiger partial charge is 0.289 e. The molecular formula is C13H8BrClO. The number of carbonyl (C=O) groups excluding carboxylic acids is 1. The Bertz CT molecular complexity index is 523. The highest BCUT2D eigenvalue weighted by molar-refractivity contribution is 9.10. The quantitative estimate of drug-likeness (QED) is 0.754. The van der Waals surface area contributed by atoms with E-state index in [1.807, 2.05) is 18.2 Å². The van der Waals surface area contributed by atoms with Crippen molar-refractivity contribution in [3.05, 3.63) is 69.2 Å². The molecule has 0 aliphatic carbocycles. The van der Waals surface area contributed by atoms with Crippen molar-refractivity contribution in [1.82, 2.24) is 0 Å². The third kappa shape index (κ3) is 2.34. The summed E-state index contributed by atoms with van der Waals surface area (Å²) in [5.74, 6) is -0.0324. The van der Waals surface area contributed by atoms with Crippen LogP contribution in [0.25, 0.3) is 0 Å². The van der Waals surface area contributed by atoms with Crippen molar-refractivity contribution in [2.24, 2.45) is 0 Å². The van der Waals surface area contributed by atoms with E-state index in [9.17, 15) is 4.79 Å². The Morgan fingerprint density at radius 2 is 1.75 bits per heavy atom. The predicted molar refractivity (Wildman–Crippen MR) is 69.0 cm³/mol. The fourth-order valence-corrected chi connectivity index (χ4v) is 2.02. The van der Waals surface area contributed by atoms with Crippen LogP contribution in [0.5, 0.6) is 0 Å². The van der Waals surface area contributed by atoms with E-state index < -0.39 is 0 Å². The zero-order valence-corrected chi connectivity index (χ0v) is 10.6. The van der Waals surface area contributed by atoms with Crippen LogP contribution in [-0.4, -0.2) is 5.78 Å². The molecule has 0 aliphatic heterocycles. The Hall–Kier alpha value is -1.12. The van der Waals surface area contributed by atoms with E-state index in [4.69, 9.17) is 11.6 Å². The van der Waals surface area contributed by atoms with Crippen LogP contribution in [0.3, 0.4) is 0 Å². The zero-order valence-electron chi connectivity index (χ0n) is 8.28. The van der Waals surface area contributed by atoms with Gasteiger partial charge in [-0.1, -0.05) is 57.9 Å². The van der Waals surface area contributed by atoms with E-state index in [-0.39, 0.29) is 5.78 Å². The Balaban J connectivity index is 2.46. The van der Waals surface area contributed by atoms with Crippen molar-refractivity contribution in [3.63, 3.8) is 0 Å². The number of rotatable bonds is 2. The number of hydrogen-bond acceptors (Lipinski definition) is 1. The molecule has 0 unspecified atom stereocenters. The molecule has 0 amide bonds. The summed E-state index contributed by atoms with van der Waals surface area (Å²) in [7, 11) is 0. The molecule has 0 radical (unpaired) electrons. The van der Waals surface area contributed by atoms with Crippen molar-refractivity contribution >= 4 is 33.3 Å². The van der Waals surface area contributed by atoms with Gasteiger partial charge in [-0.2, -0.15) is 0 Å². The van der Waals surface area contributed by atoms with Gasteiger partial charge in [0.25, 0.3) is 0 Å². The minimum Gasteiger partial charge on any atom is -0.289 e. The summed E-state index contributed by atoms with van der Waals surface area (Å²) in [4.78, 5) is 12.1. The molecule has 0 bridgehead atoms. The lowest BCUT2D eigenvalue weighted by Crippen LogP contribution is -2.01. The monoisotopic (exact) mass is 294 g/mol. The number of carbonyl (C=O) groups is 1. The summed E-state index contributed by atoms with van der Waals surface area (Å²) in [6.45, 7) is 0. The third-order valence-electron chi connectivity index (χ3n) is 2.21.